The molecule has 2 aromatic rings. The SMILES string of the molecule is CN1CC[C@@H](CNC(=O)Cc2ccc(F)cc2)[C@@H]1c1cccnc1. The number of amides is 1. The molecule has 1 amide bonds. The highest BCUT2D eigenvalue weighted by atomic mass is 19.1. The lowest BCUT2D eigenvalue weighted by Gasteiger charge is -2.25. The number of aromatic nitrogens is 1. The number of carbonyl (C=O) groups excluding carboxylic acids is 1. The third-order valence-electron chi connectivity index (χ3n) is 4.64. The summed E-state index contributed by atoms with van der Waals surface area (Å²) in [5, 5.41) is 3.03. The van der Waals surface area contributed by atoms with Crippen molar-refractivity contribution in [2.24, 2.45) is 5.92 Å². The number of likely N-dealkylation sites (tertiary alicyclic amines) is 1. The van der Waals surface area contributed by atoms with E-state index in [4.69, 9.17) is 0 Å². The van der Waals surface area contributed by atoms with Gasteiger partial charge in [0.1, 0.15) is 5.82 Å². The zero-order valence-corrected chi connectivity index (χ0v) is 13.8. The maximum atomic E-state index is 12.9. The number of halogens is 1. The first-order valence-corrected chi connectivity index (χ1v) is 8.25. The van der Waals surface area contributed by atoms with Gasteiger partial charge in [0.15, 0.2) is 0 Å². The van der Waals surface area contributed by atoms with E-state index in [-0.39, 0.29) is 24.2 Å². The number of carbonyl (C=O) groups is 1. The zero-order valence-electron chi connectivity index (χ0n) is 13.8. The second-order valence-corrected chi connectivity index (χ2v) is 6.37. The standard InChI is InChI=1S/C19H22FN3O/c1-23-10-8-16(19(23)15-3-2-9-21-12-15)13-22-18(24)11-14-4-6-17(20)7-5-14/h2-7,9,12,16,19H,8,10-11,13H2,1H3,(H,22,24)/t16-,19-/m0/s1. The Bertz CT molecular complexity index is 675. The highest BCUT2D eigenvalue weighted by Gasteiger charge is 2.33. The molecule has 24 heavy (non-hydrogen) atoms. The molecule has 0 saturated carbocycles. The van der Waals surface area contributed by atoms with Crippen LogP contribution in [0, 0.1) is 11.7 Å². The Hall–Kier alpha value is -2.27. The van der Waals surface area contributed by atoms with Gasteiger partial charge in [0.25, 0.3) is 0 Å². The maximum Gasteiger partial charge on any atom is 0.224 e. The van der Waals surface area contributed by atoms with Crippen molar-refractivity contribution in [3.63, 3.8) is 0 Å². The summed E-state index contributed by atoms with van der Waals surface area (Å²) in [5.41, 5.74) is 2.01. The highest BCUT2D eigenvalue weighted by Crippen LogP contribution is 2.35. The average Bonchev–Trinajstić information content (AvgIpc) is 2.96. The number of hydrogen-bond acceptors (Lipinski definition) is 3. The third kappa shape index (κ3) is 3.97. The van der Waals surface area contributed by atoms with Crippen LogP contribution in [-0.2, 0) is 11.2 Å². The van der Waals surface area contributed by atoms with Gasteiger partial charge < -0.3 is 5.32 Å². The molecule has 1 aliphatic rings. The maximum absolute atomic E-state index is 12.9. The quantitative estimate of drug-likeness (QED) is 0.918. The van der Waals surface area contributed by atoms with Crippen LogP contribution in [0.2, 0.25) is 0 Å². The van der Waals surface area contributed by atoms with Gasteiger partial charge in [-0.15, -0.1) is 0 Å². The summed E-state index contributed by atoms with van der Waals surface area (Å²) in [7, 11) is 2.11. The number of pyridine rings is 1. The van der Waals surface area contributed by atoms with Crippen LogP contribution in [0.1, 0.15) is 23.6 Å². The predicted molar refractivity (Wildman–Crippen MR) is 90.8 cm³/mol. The van der Waals surface area contributed by atoms with E-state index in [0.29, 0.717) is 12.5 Å². The van der Waals surface area contributed by atoms with Crippen LogP contribution in [-0.4, -0.2) is 35.9 Å². The molecule has 1 fully saturated rings. The minimum absolute atomic E-state index is 0.0268. The number of nitrogens with zero attached hydrogens (tertiary/aromatic N) is 2. The Kier molecular flexibility index (Phi) is 5.20. The molecule has 1 saturated heterocycles. The fourth-order valence-corrected chi connectivity index (χ4v) is 3.41. The van der Waals surface area contributed by atoms with Crippen LogP contribution in [0.5, 0.6) is 0 Å². The Morgan fingerprint density at radius 1 is 1.33 bits per heavy atom. The molecule has 5 heteroatoms. The minimum Gasteiger partial charge on any atom is -0.355 e. The molecule has 3 rings (SSSR count). The van der Waals surface area contributed by atoms with E-state index in [1.54, 1.807) is 18.3 Å². The average molecular weight is 327 g/mol. The van der Waals surface area contributed by atoms with E-state index in [1.165, 1.54) is 17.7 Å². The van der Waals surface area contributed by atoms with E-state index in [0.717, 1.165) is 18.5 Å². The van der Waals surface area contributed by atoms with E-state index >= 15 is 0 Å². The second kappa shape index (κ2) is 7.53. The van der Waals surface area contributed by atoms with Crippen LogP contribution in [0.15, 0.2) is 48.8 Å². The van der Waals surface area contributed by atoms with Crippen molar-refractivity contribution in [1.82, 2.24) is 15.2 Å². The largest absolute Gasteiger partial charge is 0.355 e. The van der Waals surface area contributed by atoms with Crippen molar-refractivity contribution in [3.05, 3.63) is 65.7 Å². The molecule has 126 valence electrons. The molecule has 1 aliphatic heterocycles. The van der Waals surface area contributed by atoms with E-state index in [9.17, 15) is 9.18 Å². The van der Waals surface area contributed by atoms with Crippen LogP contribution >= 0.6 is 0 Å². The van der Waals surface area contributed by atoms with Crippen LogP contribution in [0.3, 0.4) is 0 Å². The lowest BCUT2D eigenvalue weighted by molar-refractivity contribution is -0.120. The summed E-state index contributed by atoms with van der Waals surface area (Å²) < 4.78 is 12.9. The van der Waals surface area contributed by atoms with E-state index in [2.05, 4.69) is 28.3 Å². The topological polar surface area (TPSA) is 45.2 Å². The summed E-state index contributed by atoms with van der Waals surface area (Å²) in [6, 6.07) is 10.4. The summed E-state index contributed by atoms with van der Waals surface area (Å²) >= 11 is 0. The van der Waals surface area contributed by atoms with Crippen molar-refractivity contribution >= 4 is 5.91 Å². The third-order valence-corrected chi connectivity index (χ3v) is 4.64. The van der Waals surface area contributed by atoms with Gasteiger partial charge in [-0.1, -0.05) is 18.2 Å². The number of benzene rings is 1. The van der Waals surface area contributed by atoms with Crippen molar-refractivity contribution in [2.45, 2.75) is 18.9 Å². The summed E-state index contributed by atoms with van der Waals surface area (Å²) in [4.78, 5) is 18.7. The van der Waals surface area contributed by atoms with Crippen molar-refractivity contribution < 1.29 is 9.18 Å². The molecule has 0 radical (unpaired) electrons. The molecule has 0 bridgehead atoms. The van der Waals surface area contributed by atoms with Gasteiger partial charge in [-0.05, 0) is 55.3 Å². The smallest absolute Gasteiger partial charge is 0.224 e. The number of rotatable bonds is 5. The molecule has 1 N–H and O–H groups in total. The molecule has 1 aromatic heterocycles. The van der Waals surface area contributed by atoms with Gasteiger partial charge in [-0.2, -0.15) is 0 Å². The lowest BCUT2D eigenvalue weighted by Crippen LogP contribution is -2.33. The molecule has 2 atom stereocenters. The summed E-state index contributed by atoms with van der Waals surface area (Å²) in [5.74, 6) is 0.0601. The molecule has 4 nitrogen and oxygen atoms in total. The number of nitrogens with one attached hydrogen (secondary N) is 1. The van der Waals surface area contributed by atoms with E-state index < -0.39 is 0 Å². The Morgan fingerprint density at radius 2 is 2.12 bits per heavy atom. The van der Waals surface area contributed by atoms with Gasteiger partial charge >= 0.3 is 0 Å². The Balaban J connectivity index is 1.57. The van der Waals surface area contributed by atoms with Gasteiger partial charge in [0.05, 0.1) is 6.42 Å². The minimum atomic E-state index is -0.285. The molecular formula is C19H22FN3O. The highest BCUT2D eigenvalue weighted by molar-refractivity contribution is 5.78. The van der Waals surface area contributed by atoms with Crippen LogP contribution in [0.25, 0.3) is 0 Å². The van der Waals surface area contributed by atoms with E-state index in [1.807, 2.05) is 12.3 Å². The van der Waals surface area contributed by atoms with Crippen LogP contribution in [0.4, 0.5) is 4.39 Å². The molecular weight excluding hydrogens is 305 g/mol. The fraction of sp³-hybridized carbons (Fsp3) is 0.368. The van der Waals surface area contributed by atoms with Gasteiger partial charge in [-0.25, -0.2) is 4.39 Å². The zero-order chi connectivity index (χ0) is 16.9. The predicted octanol–water partition coefficient (Wildman–Crippen LogP) is 2.57. The van der Waals surface area contributed by atoms with Crippen molar-refractivity contribution in [1.29, 1.82) is 0 Å². The molecule has 0 spiro atoms. The van der Waals surface area contributed by atoms with Gasteiger partial charge in [0, 0.05) is 25.0 Å². The first-order valence-electron chi connectivity index (χ1n) is 8.25. The Morgan fingerprint density at radius 3 is 2.83 bits per heavy atom. The molecule has 2 heterocycles. The molecule has 0 unspecified atom stereocenters. The lowest BCUT2D eigenvalue weighted by atomic mass is 9.94. The fourth-order valence-electron chi connectivity index (χ4n) is 3.41. The molecule has 0 aliphatic carbocycles. The first kappa shape index (κ1) is 16.6. The number of hydrogen-bond donors (Lipinski definition) is 1. The monoisotopic (exact) mass is 327 g/mol. The van der Waals surface area contributed by atoms with Crippen molar-refractivity contribution in [3.8, 4) is 0 Å². The first-order chi connectivity index (χ1) is 11.6. The molecule has 1 aromatic carbocycles. The summed E-state index contributed by atoms with van der Waals surface area (Å²) in [6.45, 7) is 1.65. The second-order valence-electron chi connectivity index (χ2n) is 6.37. The normalized spacial score (nSPS) is 20.9. The Labute approximate surface area is 141 Å². The van der Waals surface area contributed by atoms with Gasteiger partial charge in [-0.3, -0.25) is 14.7 Å². The summed E-state index contributed by atoms with van der Waals surface area (Å²) in [6.07, 6.45) is 5.00. The van der Waals surface area contributed by atoms with Crippen molar-refractivity contribution in [2.75, 3.05) is 20.1 Å². The van der Waals surface area contributed by atoms with Gasteiger partial charge in [0.2, 0.25) is 5.91 Å². The van der Waals surface area contributed by atoms with Crippen LogP contribution < -0.4 is 5.32 Å².